The summed E-state index contributed by atoms with van der Waals surface area (Å²) < 4.78 is 13.6. The Morgan fingerprint density at radius 2 is 1.82 bits per heavy atom. The van der Waals surface area contributed by atoms with Crippen molar-refractivity contribution < 1.29 is 14.0 Å². The highest BCUT2D eigenvalue weighted by atomic mass is 32.2. The van der Waals surface area contributed by atoms with E-state index >= 15 is 0 Å². The fourth-order valence-corrected chi connectivity index (χ4v) is 4.01. The molecule has 5 nitrogen and oxygen atoms in total. The first-order chi connectivity index (χ1) is 13.5. The average Bonchev–Trinajstić information content (AvgIpc) is 3.11. The second-order valence-electron chi connectivity index (χ2n) is 5.99. The van der Waals surface area contributed by atoms with Crippen LogP contribution < -0.4 is 10.6 Å². The van der Waals surface area contributed by atoms with Gasteiger partial charge in [0.15, 0.2) is 4.34 Å². The number of thiazole rings is 1. The van der Waals surface area contributed by atoms with Crippen molar-refractivity contribution in [3.05, 3.63) is 71.0 Å². The predicted molar refractivity (Wildman–Crippen MR) is 111 cm³/mol. The summed E-state index contributed by atoms with van der Waals surface area (Å²) >= 11 is 2.69. The van der Waals surface area contributed by atoms with Crippen molar-refractivity contribution in [1.82, 2.24) is 4.98 Å². The molecule has 0 unspecified atom stereocenters. The number of anilines is 2. The Bertz CT molecular complexity index is 974. The third-order valence-corrected chi connectivity index (χ3v) is 5.82. The second-order valence-corrected chi connectivity index (χ2v) is 8.07. The van der Waals surface area contributed by atoms with Crippen molar-refractivity contribution in [2.75, 3.05) is 16.4 Å². The molecule has 0 aliphatic rings. The number of aromatic nitrogens is 1. The van der Waals surface area contributed by atoms with E-state index in [4.69, 9.17) is 0 Å². The van der Waals surface area contributed by atoms with Gasteiger partial charge in [0.1, 0.15) is 5.82 Å². The highest BCUT2D eigenvalue weighted by Gasteiger charge is 2.11. The van der Waals surface area contributed by atoms with Gasteiger partial charge in [0.05, 0.1) is 17.9 Å². The maximum absolute atomic E-state index is 12.9. The molecule has 1 aromatic heterocycles. The number of nitrogens with one attached hydrogen (secondary N) is 2. The van der Waals surface area contributed by atoms with Gasteiger partial charge in [-0.05, 0) is 42.8 Å². The smallest absolute Gasteiger partial charge is 0.234 e. The minimum Gasteiger partial charge on any atom is -0.326 e. The van der Waals surface area contributed by atoms with Gasteiger partial charge in [-0.25, -0.2) is 9.37 Å². The summed E-state index contributed by atoms with van der Waals surface area (Å²) in [6, 6.07) is 13.2. The van der Waals surface area contributed by atoms with Crippen LogP contribution in [0.25, 0.3) is 0 Å². The maximum atomic E-state index is 12.9. The van der Waals surface area contributed by atoms with Crippen LogP contribution in [0.3, 0.4) is 0 Å². The number of carbonyl (C=O) groups excluding carboxylic acids is 2. The Morgan fingerprint density at radius 3 is 2.57 bits per heavy atom. The lowest BCUT2D eigenvalue weighted by Gasteiger charge is -2.06. The average molecular weight is 416 g/mol. The zero-order valence-corrected chi connectivity index (χ0v) is 16.7. The Labute approximate surface area is 170 Å². The van der Waals surface area contributed by atoms with Gasteiger partial charge in [0, 0.05) is 16.8 Å². The molecule has 144 valence electrons. The largest absolute Gasteiger partial charge is 0.326 e. The van der Waals surface area contributed by atoms with E-state index in [0.29, 0.717) is 15.7 Å². The number of rotatable bonds is 7. The minimum absolute atomic E-state index is 0.134. The van der Waals surface area contributed by atoms with E-state index in [2.05, 4.69) is 15.6 Å². The predicted octanol–water partition coefficient (Wildman–Crippen LogP) is 4.50. The van der Waals surface area contributed by atoms with E-state index in [1.165, 1.54) is 47.4 Å². The Balaban J connectivity index is 1.47. The third kappa shape index (κ3) is 5.90. The van der Waals surface area contributed by atoms with E-state index < -0.39 is 0 Å². The number of nitrogens with zero attached hydrogens (tertiary/aromatic N) is 1. The van der Waals surface area contributed by atoms with Crippen molar-refractivity contribution in [1.29, 1.82) is 0 Å². The first kappa shape index (κ1) is 20.0. The number of carbonyl (C=O) groups is 2. The number of thioether (sulfide) groups is 1. The molecule has 2 N–H and O–H groups in total. The van der Waals surface area contributed by atoms with E-state index in [1.807, 2.05) is 36.6 Å². The molecule has 2 aromatic carbocycles. The fraction of sp³-hybridized carbons (Fsp3) is 0.150. The first-order valence-electron chi connectivity index (χ1n) is 8.48. The normalized spacial score (nSPS) is 10.5. The molecule has 0 bridgehead atoms. The lowest BCUT2D eigenvalue weighted by atomic mass is 10.2. The molecule has 3 rings (SSSR count). The van der Waals surface area contributed by atoms with Crippen LogP contribution in [0, 0.1) is 12.7 Å². The molecule has 28 heavy (non-hydrogen) atoms. The summed E-state index contributed by atoms with van der Waals surface area (Å²) in [5, 5.41) is 7.39. The molecular formula is C20H18FN3O2S2. The molecule has 8 heteroatoms. The molecule has 0 saturated heterocycles. The lowest BCUT2D eigenvalue weighted by Crippen LogP contribution is -2.15. The van der Waals surface area contributed by atoms with Gasteiger partial charge < -0.3 is 10.6 Å². The van der Waals surface area contributed by atoms with Gasteiger partial charge in [-0.15, -0.1) is 11.3 Å². The van der Waals surface area contributed by atoms with Crippen LogP contribution >= 0.6 is 23.1 Å². The molecule has 0 saturated carbocycles. The van der Waals surface area contributed by atoms with Crippen LogP contribution in [0.4, 0.5) is 15.8 Å². The van der Waals surface area contributed by atoms with Crippen molar-refractivity contribution in [3.8, 4) is 0 Å². The molecule has 0 fully saturated rings. The topological polar surface area (TPSA) is 71.1 Å². The Hall–Kier alpha value is -2.71. The van der Waals surface area contributed by atoms with Crippen molar-refractivity contribution in [3.63, 3.8) is 0 Å². The van der Waals surface area contributed by atoms with Crippen LogP contribution in [-0.4, -0.2) is 22.6 Å². The summed E-state index contributed by atoms with van der Waals surface area (Å²) in [4.78, 5) is 28.6. The molecule has 2 amide bonds. The molecule has 0 radical (unpaired) electrons. The highest BCUT2D eigenvalue weighted by molar-refractivity contribution is 8.01. The number of aryl methyl sites for hydroxylation is 1. The van der Waals surface area contributed by atoms with E-state index in [-0.39, 0.29) is 29.8 Å². The van der Waals surface area contributed by atoms with Crippen LogP contribution in [0.5, 0.6) is 0 Å². The van der Waals surface area contributed by atoms with Crippen LogP contribution in [0.15, 0.2) is 58.3 Å². The first-order valence-corrected chi connectivity index (χ1v) is 10.3. The molecule has 3 aromatic rings. The van der Waals surface area contributed by atoms with E-state index in [9.17, 15) is 14.0 Å². The maximum Gasteiger partial charge on any atom is 0.234 e. The molecule has 0 aliphatic carbocycles. The summed E-state index contributed by atoms with van der Waals surface area (Å²) in [6.45, 7) is 1.93. The monoisotopic (exact) mass is 415 g/mol. The Morgan fingerprint density at radius 1 is 1.07 bits per heavy atom. The van der Waals surface area contributed by atoms with Gasteiger partial charge in [0.25, 0.3) is 0 Å². The summed E-state index contributed by atoms with van der Waals surface area (Å²) in [7, 11) is 0. The van der Waals surface area contributed by atoms with Gasteiger partial charge in [0.2, 0.25) is 11.8 Å². The number of hydrogen-bond acceptors (Lipinski definition) is 5. The van der Waals surface area contributed by atoms with Gasteiger partial charge in [-0.2, -0.15) is 0 Å². The summed E-state index contributed by atoms with van der Waals surface area (Å²) in [5.74, 6) is -0.510. The van der Waals surface area contributed by atoms with Crippen LogP contribution in [0.1, 0.15) is 11.3 Å². The highest BCUT2D eigenvalue weighted by Crippen LogP contribution is 2.23. The summed E-state index contributed by atoms with van der Waals surface area (Å²) in [6.07, 6.45) is 0.174. The SMILES string of the molecule is Cc1ccccc1NC(=O)Cc1csc(SCC(=O)Nc2ccc(F)cc2)n1. The van der Waals surface area contributed by atoms with Gasteiger partial charge in [-0.3, -0.25) is 9.59 Å². The van der Waals surface area contributed by atoms with Crippen molar-refractivity contribution in [2.24, 2.45) is 0 Å². The number of hydrogen-bond donors (Lipinski definition) is 2. The van der Waals surface area contributed by atoms with Crippen molar-refractivity contribution in [2.45, 2.75) is 17.7 Å². The Kier molecular flexibility index (Phi) is 6.78. The number of amides is 2. The standard InChI is InChI=1S/C20H18FN3O2S2/c1-13-4-2-3-5-17(13)24-18(25)10-16-11-27-20(23-16)28-12-19(26)22-15-8-6-14(21)7-9-15/h2-9,11H,10,12H2,1H3,(H,22,26)(H,24,25). The van der Waals surface area contributed by atoms with Gasteiger partial charge >= 0.3 is 0 Å². The lowest BCUT2D eigenvalue weighted by molar-refractivity contribution is -0.116. The molecule has 0 aliphatic heterocycles. The molecule has 1 heterocycles. The molecule has 0 spiro atoms. The second kappa shape index (κ2) is 9.48. The molecular weight excluding hydrogens is 397 g/mol. The minimum atomic E-state index is -0.353. The number of benzene rings is 2. The number of para-hydroxylation sites is 1. The fourth-order valence-electron chi connectivity index (χ4n) is 2.37. The quantitative estimate of drug-likeness (QED) is 0.557. The van der Waals surface area contributed by atoms with Crippen molar-refractivity contribution >= 4 is 46.3 Å². The zero-order chi connectivity index (χ0) is 19.9. The number of halogens is 1. The van der Waals surface area contributed by atoms with Crippen LogP contribution in [-0.2, 0) is 16.0 Å². The van der Waals surface area contributed by atoms with E-state index in [1.54, 1.807) is 0 Å². The zero-order valence-electron chi connectivity index (χ0n) is 15.1. The van der Waals surface area contributed by atoms with Gasteiger partial charge in [-0.1, -0.05) is 30.0 Å². The third-order valence-electron chi connectivity index (χ3n) is 3.75. The van der Waals surface area contributed by atoms with E-state index in [0.717, 1.165) is 11.3 Å². The summed E-state index contributed by atoms with van der Waals surface area (Å²) in [5.41, 5.74) is 2.99. The van der Waals surface area contributed by atoms with Crippen LogP contribution in [0.2, 0.25) is 0 Å². The molecule has 0 atom stereocenters.